The van der Waals surface area contributed by atoms with Gasteiger partial charge in [0.05, 0.1) is 12.3 Å². The van der Waals surface area contributed by atoms with Crippen molar-refractivity contribution in [3.8, 4) is 5.75 Å². The Morgan fingerprint density at radius 3 is 2.48 bits per heavy atom. The maximum absolute atomic E-state index is 12.0. The van der Waals surface area contributed by atoms with Gasteiger partial charge in [-0.3, -0.25) is 4.79 Å². The van der Waals surface area contributed by atoms with Gasteiger partial charge in [-0.05, 0) is 43.9 Å². The third kappa shape index (κ3) is 5.66. The summed E-state index contributed by atoms with van der Waals surface area (Å²) in [6.07, 6.45) is 1.23. The van der Waals surface area contributed by atoms with Crippen molar-refractivity contribution in [2.45, 2.75) is 40.5 Å². The van der Waals surface area contributed by atoms with E-state index in [2.05, 4.69) is 13.8 Å². The molecule has 0 spiro atoms. The van der Waals surface area contributed by atoms with Gasteiger partial charge in [-0.1, -0.05) is 19.9 Å². The molecule has 0 aliphatic rings. The molecule has 0 fully saturated rings. The molecule has 2 N–H and O–H groups in total. The van der Waals surface area contributed by atoms with Crippen LogP contribution in [0.15, 0.2) is 18.2 Å². The van der Waals surface area contributed by atoms with Crippen LogP contribution in [0.2, 0.25) is 0 Å². The molecule has 0 aromatic heterocycles. The van der Waals surface area contributed by atoms with Crippen molar-refractivity contribution >= 4 is 11.6 Å². The maximum Gasteiger partial charge on any atom is 0.222 e. The van der Waals surface area contributed by atoms with Crippen LogP contribution in [0.1, 0.15) is 39.7 Å². The van der Waals surface area contributed by atoms with Crippen LogP contribution in [0.25, 0.3) is 0 Å². The number of hydrogen-bond acceptors (Lipinski definition) is 3. The van der Waals surface area contributed by atoms with Crippen LogP contribution in [-0.4, -0.2) is 30.5 Å². The number of aryl methyl sites for hydroxylation is 1. The van der Waals surface area contributed by atoms with E-state index in [1.807, 2.05) is 36.9 Å². The second-order valence-corrected chi connectivity index (χ2v) is 5.64. The van der Waals surface area contributed by atoms with Crippen LogP contribution in [0, 0.1) is 5.92 Å². The normalized spacial score (nSPS) is 10.7. The molecule has 1 amide bonds. The Morgan fingerprint density at radius 2 is 1.95 bits per heavy atom. The fraction of sp³-hybridized carbons (Fsp3) is 0.588. The second kappa shape index (κ2) is 8.55. The van der Waals surface area contributed by atoms with Crippen LogP contribution < -0.4 is 10.5 Å². The van der Waals surface area contributed by atoms with Gasteiger partial charge < -0.3 is 15.4 Å². The lowest BCUT2D eigenvalue weighted by atomic mass is 10.1. The quantitative estimate of drug-likeness (QED) is 0.749. The molecule has 0 aliphatic carbocycles. The zero-order valence-electron chi connectivity index (χ0n) is 13.7. The lowest BCUT2D eigenvalue weighted by Crippen LogP contribution is -2.30. The highest BCUT2D eigenvalue weighted by Crippen LogP contribution is 2.23. The SMILES string of the molecule is CCN(CC)C(=O)CCc1ccc(OCC(C)C)c(N)c1. The first-order valence-corrected chi connectivity index (χ1v) is 7.76. The van der Waals surface area contributed by atoms with Crippen LogP contribution in [0.3, 0.4) is 0 Å². The Morgan fingerprint density at radius 1 is 1.29 bits per heavy atom. The number of benzene rings is 1. The lowest BCUT2D eigenvalue weighted by molar-refractivity contribution is -0.130. The summed E-state index contributed by atoms with van der Waals surface area (Å²) in [7, 11) is 0. The number of nitrogen functional groups attached to an aromatic ring is 1. The molecule has 0 saturated carbocycles. The summed E-state index contributed by atoms with van der Waals surface area (Å²) in [5, 5.41) is 0. The van der Waals surface area contributed by atoms with Gasteiger partial charge in [0.15, 0.2) is 0 Å². The van der Waals surface area contributed by atoms with Gasteiger partial charge in [-0.25, -0.2) is 0 Å². The predicted molar refractivity (Wildman–Crippen MR) is 87.4 cm³/mol. The predicted octanol–water partition coefficient (Wildman–Crippen LogP) is 3.10. The monoisotopic (exact) mass is 292 g/mol. The Balaban J connectivity index is 2.57. The molecule has 1 rings (SSSR count). The number of carbonyl (C=O) groups excluding carboxylic acids is 1. The molecule has 21 heavy (non-hydrogen) atoms. The zero-order valence-corrected chi connectivity index (χ0v) is 13.7. The molecule has 0 bridgehead atoms. The molecule has 4 heteroatoms. The first-order chi connectivity index (χ1) is 9.97. The zero-order chi connectivity index (χ0) is 15.8. The van der Waals surface area contributed by atoms with E-state index in [4.69, 9.17) is 10.5 Å². The molecule has 118 valence electrons. The van der Waals surface area contributed by atoms with Gasteiger partial charge in [0.2, 0.25) is 5.91 Å². The number of hydrogen-bond donors (Lipinski definition) is 1. The van der Waals surface area contributed by atoms with E-state index in [9.17, 15) is 4.79 Å². The van der Waals surface area contributed by atoms with E-state index in [0.29, 0.717) is 31.1 Å². The van der Waals surface area contributed by atoms with Gasteiger partial charge in [0.1, 0.15) is 5.75 Å². The topological polar surface area (TPSA) is 55.6 Å². The van der Waals surface area contributed by atoms with E-state index in [1.54, 1.807) is 0 Å². The molecule has 0 atom stereocenters. The molecule has 1 aromatic carbocycles. The van der Waals surface area contributed by atoms with Crippen LogP contribution in [-0.2, 0) is 11.2 Å². The Bertz CT molecular complexity index is 454. The average molecular weight is 292 g/mol. The summed E-state index contributed by atoms with van der Waals surface area (Å²) >= 11 is 0. The molecular formula is C17H28N2O2. The Hall–Kier alpha value is -1.71. The third-order valence-corrected chi connectivity index (χ3v) is 3.39. The number of nitrogens with zero attached hydrogens (tertiary/aromatic N) is 1. The van der Waals surface area contributed by atoms with E-state index >= 15 is 0 Å². The molecule has 4 nitrogen and oxygen atoms in total. The van der Waals surface area contributed by atoms with Gasteiger partial charge in [0.25, 0.3) is 0 Å². The summed E-state index contributed by atoms with van der Waals surface area (Å²) in [6, 6.07) is 5.79. The summed E-state index contributed by atoms with van der Waals surface area (Å²) in [5.74, 6) is 1.39. The molecule has 0 aliphatic heterocycles. The minimum atomic E-state index is 0.193. The first-order valence-electron chi connectivity index (χ1n) is 7.76. The molecule has 0 saturated heterocycles. The number of ether oxygens (including phenoxy) is 1. The van der Waals surface area contributed by atoms with Crippen molar-refractivity contribution in [2.24, 2.45) is 5.92 Å². The van der Waals surface area contributed by atoms with Crippen molar-refractivity contribution in [1.82, 2.24) is 4.90 Å². The molecular weight excluding hydrogens is 264 g/mol. The molecule has 0 radical (unpaired) electrons. The third-order valence-electron chi connectivity index (χ3n) is 3.39. The Kier molecular flexibility index (Phi) is 7.06. The summed E-state index contributed by atoms with van der Waals surface area (Å²) < 4.78 is 5.65. The highest BCUT2D eigenvalue weighted by molar-refractivity contribution is 5.76. The van der Waals surface area contributed by atoms with Crippen molar-refractivity contribution in [1.29, 1.82) is 0 Å². The Labute approximate surface area is 128 Å². The van der Waals surface area contributed by atoms with Crippen molar-refractivity contribution < 1.29 is 9.53 Å². The largest absolute Gasteiger partial charge is 0.491 e. The minimum absolute atomic E-state index is 0.193. The number of rotatable bonds is 8. The van der Waals surface area contributed by atoms with Crippen molar-refractivity contribution in [3.63, 3.8) is 0 Å². The van der Waals surface area contributed by atoms with Gasteiger partial charge in [-0.2, -0.15) is 0 Å². The molecule has 1 aromatic rings. The summed E-state index contributed by atoms with van der Waals surface area (Å²) in [6.45, 7) is 10.4. The number of amides is 1. The lowest BCUT2D eigenvalue weighted by Gasteiger charge is -2.18. The average Bonchev–Trinajstić information content (AvgIpc) is 2.45. The highest BCUT2D eigenvalue weighted by Gasteiger charge is 2.10. The van der Waals surface area contributed by atoms with Crippen molar-refractivity contribution in [2.75, 3.05) is 25.4 Å². The summed E-state index contributed by atoms with van der Waals surface area (Å²) in [5.41, 5.74) is 7.72. The van der Waals surface area contributed by atoms with E-state index in [-0.39, 0.29) is 5.91 Å². The van der Waals surface area contributed by atoms with E-state index < -0.39 is 0 Å². The number of carbonyl (C=O) groups is 1. The highest BCUT2D eigenvalue weighted by atomic mass is 16.5. The van der Waals surface area contributed by atoms with E-state index in [1.165, 1.54) is 0 Å². The smallest absolute Gasteiger partial charge is 0.222 e. The fourth-order valence-corrected chi connectivity index (χ4v) is 2.13. The standard InChI is InChI=1S/C17H28N2O2/c1-5-19(6-2)17(20)10-8-14-7-9-16(15(18)11-14)21-12-13(3)4/h7,9,11,13H,5-6,8,10,12,18H2,1-4H3. The molecule has 0 unspecified atom stereocenters. The van der Waals surface area contributed by atoms with Crippen LogP contribution in [0.5, 0.6) is 5.75 Å². The molecule has 0 heterocycles. The van der Waals surface area contributed by atoms with Crippen LogP contribution >= 0.6 is 0 Å². The number of anilines is 1. The van der Waals surface area contributed by atoms with Crippen molar-refractivity contribution in [3.05, 3.63) is 23.8 Å². The first kappa shape index (κ1) is 17.3. The van der Waals surface area contributed by atoms with E-state index in [0.717, 1.165) is 24.4 Å². The second-order valence-electron chi connectivity index (χ2n) is 5.64. The van der Waals surface area contributed by atoms with Gasteiger partial charge in [0, 0.05) is 19.5 Å². The maximum atomic E-state index is 12.0. The van der Waals surface area contributed by atoms with Crippen LogP contribution in [0.4, 0.5) is 5.69 Å². The minimum Gasteiger partial charge on any atom is -0.491 e. The fourth-order valence-electron chi connectivity index (χ4n) is 2.13. The summed E-state index contributed by atoms with van der Waals surface area (Å²) in [4.78, 5) is 13.8. The number of nitrogens with two attached hydrogens (primary N) is 1. The van der Waals surface area contributed by atoms with Gasteiger partial charge in [-0.15, -0.1) is 0 Å². The van der Waals surface area contributed by atoms with Gasteiger partial charge >= 0.3 is 0 Å².